The van der Waals surface area contributed by atoms with Gasteiger partial charge in [0, 0.05) is 37.4 Å². The average Bonchev–Trinajstić information content (AvgIpc) is 3.04. The van der Waals surface area contributed by atoms with Gasteiger partial charge in [-0.05, 0) is 38.0 Å². The number of nitrogens with zero attached hydrogens (tertiary/aromatic N) is 1. The largest absolute Gasteiger partial charge is 0.361 e. The average molecular weight is 349 g/mol. The normalized spacial score (nSPS) is 24.7. The maximum Gasteiger partial charge on any atom is 0.273 e. The molecule has 0 radical (unpaired) electrons. The zero-order chi connectivity index (χ0) is 18.4. The van der Waals surface area contributed by atoms with Crippen LogP contribution in [0.3, 0.4) is 0 Å². The van der Waals surface area contributed by atoms with Gasteiger partial charge in [-0.1, -0.05) is 25.4 Å². The Hall–Kier alpha value is -1.69. The van der Waals surface area contributed by atoms with E-state index < -0.39 is 0 Å². The van der Waals surface area contributed by atoms with Crippen molar-refractivity contribution in [2.75, 3.05) is 0 Å². The van der Waals surface area contributed by atoms with E-state index in [-0.39, 0.29) is 23.8 Å². The first-order chi connectivity index (χ1) is 11.9. The van der Waals surface area contributed by atoms with E-state index in [0.29, 0.717) is 36.1 Å². The molecular weight excluding hydrogens is 318 g/mol. The minimum atomic E-state index is -0.168. The van der Waals surface area contributed by atoms with Crippen LogP contribution in [0.25, 0.3) is 0 Å². The number of ketones is 1. The second-order valence-electron chi connectivity index (χ2n) is 7.38. The van der Waals surface area contributed by atoms with Crippen LogP contribution >= 0.6 is 0 Å². The first-order valence-corrected chi connectivity index (χ1v) is 9.46. The zero-order valence-corrected chi connectivity index (χ0v) is 15.6. The van der Waals surface area contributed by atoms with Gasteiger partial charge in [0.1, 0.15) is 11.5 Å². The van der Waals surface area contributed by atoms with E-state index in [2.05, 4.69) is 17.4 Å². The molecule has 4 atom stereocenters. The predicted octanol–water partition coefficient (Wildman–Crippen LogP) is 2.86. The molecule has 1 aliphatic carbocycles. The van der Waals surface area contributed by atoms with Crippen LogP contribution in [0.4, 0.5) is 0 Å². The summed E-state index contributed by atoms with van der Waals surface area (Å²) in [6, 6.07) is 1.77. The molecule has 0 saturated heterocycles. The van der Waals surface area contributed by atoms with Crippen LogP contribution in [-0.2, 0) is 11.2 Å². The Labute approximate surface area is 149 Å². The molecule has 6 nitrogen and oxygen atoms in total. The summed E-state index contributed by atoms with van der Waals surface area (Å²) in [7, 11) is 0. The molecule has 2 rings (SSSR count). The van der Waals surface area contributed by atoms with E-state index in [0.717, 1.165) is 32.1 Å². The molecule has 1 aliphatic rings. The van der Waals surface area contributed by atoms with Crippen LogP contribution < -0.4 is 11.1 Å². The lowest BCUT2D eigenvalue weighted by Crippen LogP contribution is -2.44. The topological polar surface area (TPSA) is 98.2 Å². The van der Waals surface area contributed by atoms with Crippen LogP contribution in [0.15, 0.2) is 10.6 Å². The molecule has 1 saturated carbocycles. The Morgan fingerprint density at radius 1 is 1.40 bits per heavy atom. The number of nitrogens with two attached hydrogens (primary N) is 1. The number of carbonyl (C=O) groups is 2. The van der Waals surface area contributed by atoms with E-state index in [4.69, 9.17) is 10.3 Å². The van der Waals surface area contributed by atoms with Gasteiger partial charge >= 0.3 is 0 Å². The van der Waals surface area contributed by atoms with Crippen molar-refractivity contribution in [2.24, 2.45) is 17.6 Å². The predicted molar refractivity (Wildman–Crippen MR) is 96.1 cm³/mol. The smallest absolute Gasteiger partial charge is 0.273 e. The highest BCUT2D eigenvalue weighted by Crippen LogP contribution is 2.34. The van der Waals surface area contributed by atoms with Gasteiger partial charge in [-0.25, -0.2) is 0 Å². The van der Waals surface area contributed by atoms with Crippen LogP contribution in [0, 0.1) is 11.8 Å². The Balaban J connectivity index is 1.88. The number of aryl methyl sites for hydroxylation is 1. The molecule has 1 aromatic heterocycles. The Morgan fingerprint density at radius 3 is 2.76 bits per heavy atom. The zero-order valence-electron chi connectivity index (χ0n) is 15.6. The molecule has 6 heteroatoms. The molecule has 140 valence electrons. The van der Waals surface area contributed by atoms with Crippen molar-refractivity contribution in [3.05, 3.63) is 17.5 Å². The lowest BCUT2D eigenvalue weighted by atomic mass is 9.74. The third-order valence-electron chi connectivity index (χ3n) is 5.14. The molecule has 1 amide bonds. The van der Waals surface area contributed by atoms with Crippen molar-refractivity contribution >= 4 is 11.7 Å². The van der Waals surface area contributed by atoms with Crippen molar-refractivity contribution in [1.82, 2.24) is 10.5 Å². The molecule has 0 aromatic carbocycles. The minimum absolute atomic E-state index is 0.0689. The summed E-state index contributed by atoms with van der Waals surface area (Å²) in [5, 5.41) is 6.95. The maximum absolute atomic E-state index is 12.4. The number of hydrogen-bond acceptors (Lipinski definition) is 5. The van der Waals surface area contributed by atoms with Gasteiger partial charge < -0.3 is 15.6 Å². The molecule has 3 N–H and O–H groups in total. The third kappa shape index (κ3) is 5.66. The molecule has 0 aliphatic heterocycles. The maximum atomic E-state index is 12.4. The van der Waals surface area contributed by atoms with E-state index in [1.54, 1.807) is 6.07 Å². The fourth-order valence-corrected chi connectivity index (χ4v) is 3.78. The van der Waals surface area contributed by atoms with Gasteiger partial charge in [0.2, 0.25) is 0 Å². The second-order valence-corrected chi connectivity index (χ2v) is 7.38. The van der Waals surface area contributed by atoms with Crippen molar-refractivity contribution in [3.8, 4) is 0 Å². The number of Topliss-reactive ketones (excluding diaryl/α,β-unsaturated/α-hetero) is 1. The quantitative estimate of drug-likeness (QED) is 0.752. The van der Waals surface area contributed by atoms with Gasteiger partial charge in [0.25, 0.3) is 5.91 Å². The van der Waals surface area contributed by atoms with Crippen LogP contribution in [0.1, 0.15) is 75.5 Å². The lowest BCUT2D eigenvalue weighted by Gasteiger charge is -2.36. The van der Waals surface area contributed by atoms with Gasteiger partial charge in [-0.3, -0.25) is 9.59 Å². The molecule has 25 heavy (non-hydrogen) atoms. The van der Waals surface area contributed by atoms with E-state index in [1.807, 2.05) is 13.8 Å². The fourth-order valence-electron chi connectivity index (χ4n) is 3.78. The SMILES string of the molecule is CCc1cc(C(=O)N[C@@H]2CC[C@@H](CC(=O)C[C@H](C)N)C[C@@H]2CC)no1. The number of hydrogen-bond donors (Lipinski definition) is 2. The molecule has 1 fully saturated rings. The number of nitrogens with one attached hydrogen (secondary N) is 1. The summed E-state index contributed by atoms with van der Waals surface area (Å²) in [5.41, 5.74) is 6.06. The highest BCUT2D eigenvalue weighted by molar-refractivity contribution is 5.92. The van der Waals surface area contributed by atoms with Crippen LogP contribution in [0.5, 0.6) is 0 Å². The Morgan fingerprint density at radius 2 is 2.16 bits per heavy atom. The number of rotatable bonds is 8. The van der Waals surface area contributed by atoms with Gasteiger partial charge in [0.05, 0.1) is 0 Å². The molecule has 1 aromatic rings. The van der Waals surface area contributed by atoms with E-state index in [1.165, 1.54) is 0 Å². The molecule has 0 bridgehead atoms. The molecule has 1 heterocycles. The van der Waals surface area contributed by atoms with Crippen molar-refractivity contribution < 1.29 is 14.1 Å². The number of aromatic nitrogens is 1. The first-order valence-electron chi connectivity index (χ1n) is 9.46. The fraction of sp³-hybridized carbons (Fsp3) is 0.737. The van der Waals surface area contributed by atoms with E-state index in [9.17, 15) is 9.59 Å². The van der Waals surface area contributed by atoms with Gasteiger partial charge in [-0.15, -0.1) is 0 Å². The summed E-state index contributed by atoms with van der Waals surface area (Å²) >= 11 is 0. The summed E-state index contributed by atoms with van der Waals surface area (Å²) in [6.07, 6.45) is 5.62. The van der Waals surface area contributed by atoms with Crippen molar-refractivity contribution in [3.63, 3.8) is 0 Å². The molecule has 0 unspecified atom stereocenters. The first kappa shape index (κ1) is 19.6. The summed E-state index contributed by atoms with van der Waals surface area (Å²) in [6.45, 7) is 5.97. The van der Waals surface area contributed by atoms with Crippen LogP contribution in [-0.4, -0.2) is 28.9 Å². The number of amides is 1. The van der Waals surface area contributed by atoms with Crippen LogP contribution in [0.2, 0.25) is 0 Å². The molecule has 0 spiro atoms. The Kier molecular flexibility index (Phi) is 7.17. The third-order valence-corrected chi connectivity index (χ3v) is 5.14. The van der Waals surface area contributed by atoms with E-state index >= 15 is 0 Å². The van der Waals surface area contributed by atoms with Gasteiger partial charge in [-0.2, -0.15) is 0 Å². The molecular formula is C19H31N3O3. The second kappa shape index (κ2) is 9.13. The van der Waals surface area contributed by atoms with Gasteiger partial charge in [0.15, 0.2) is 5.69 Å². The highest BCUT2D eigenvalue weighted by atomic mass is 16.5. The summed E-state index contributed by atoms with van der Waals surface area (Å²) in [5.74, 6) is 1.60. The summed E-state index contributed by atoms with van der Waals surface area (Å²) in [4.78, 5) is 24.4. The van der Waals surface area contributed by atoms with Crippen molar-refractivity contribution in [1.29, 1.82) is 0 Å². The standard InChI is InChI=1S/C19H31N3O3/c1-4-14-9-13(10-15(23)8-12(3)20)6-7-17(14)21-19(24)18-11-16(5-2)25-22-18/h11-14,17H,4-10,20H2,1-3H3,(H,21,24)/t12-,13+,14-,17+/m0/s1. The highest BCUT2D eigenvalue weighted by Gasteiger charge is 2.32. The summed E-state index contributed by atoms with van der Waals surface area (Å²) < 4.78 is 5.11. The number of carbonyl (C=O) groups excluding carboxylic acids is 2. The van der Waals surface area contributed by atoms with Crippen molar-refractivity contribution in [2.45, 2.75) is 77.8 Å². The lowest BCUT2D eigenvalue weighted by molar-refractivity contribution is -0.120. The Bertz CT molecular complexity index is 582. The monoisotopic (exact) mass is 349 g/mol. The minimum Gasteiger partial charge on any atom is -0.361 e.